The van der Waals surface area contributed by atoms with Crippen molar-refractivity contribution in [2.45, 2.75) is 39.7 Å². The van der Waals surface area contributed by atoms with Crippen molar-refractivity contribution in [2.75, 3.05) is 19.7 Å². The van der Waals surface area contributed by atoms with Crippen LogP contribution in [-0.2, 0) is 9.59 Å². The highest BCUT2D eigenvalue weighted by molar-refractivity contribution is 6.42. The van der Waals surface area contributed by atoms with E-state index in [0.717, 1.165) is 12.8 Å². The quantitative estimate of drug-likeness (QED) is 0.860. The average Bonchev–Trinajstić information content (AvgIpc) is 2.55. The predicted molar refractivity (Wildman–Crippen MR) is 99.2 cm³/mol. The Kier molecular flexibility index (Phi) is 6.58. The number of piperidine rings is 1. The molecule has 1 aromatic carbocycles. The Morgan fingerprint density at radius 3 is 2.40 bits per heavy atom. The number of carbonyl (C=O) groups excluding carboxylic acids is 2. The van der Waals surface area contributed by atoms with Gasteiger partial charge in [-0.25, -0.2) is 0 Å². The molecule has 0 atom stereocenters. The van der Waals surface area contributed by atoms with E-state index in [9.17, 15) is 9.59 Å². The lowest BCUT2D eigenvalue weighted by Gasteiger charge is -2.36. The number of hydrogen-bond acceptors (Lipinski definition) is 3. The molecule has 1 fully saturated rings. The Balaban J connectivity index is 1.75. The van der Waals surface area contributed by atoms with Crippen molar-refractivity contribution >= 4 is 35.0 Å². The number of ether oxygens (including phenoxy) is 1. The van der Waals surface area contributed by atoms with Gasteiger partial charge in [-0.15, -0.1) is 0 Å². The van der Waals surface area contributed by atoms with E-state index in [-0.39, 0.29) is 29.9 Å². The normalized spacial score (nSPS) is 15.8. The number of hydrogen-bond donors (Lipinski definition) is 1. The van der Waals surface area contributed by atoms with E-state index in [1.807, 2.05) is 25.7 Å². The van der Waals surface area contributed by atoms with Crippen LogP contribution in [0.15, 0.2) is 18.2 Å². The Bertz CT molecular complexity index is 636. The third kappa shape index (κ3) is 5.79. The fourth-order valence-corrected chi connectivity index (χ4v) is 2.97. The summed E-state index contributed by atoms with van der Waals surface area (Å²) >= 11 is 11.8. The van der Waals surface area contributed by atoms with Crippen molar-refractivity contribution in [2.24, 2.45) is 5.41 Å². The van der Waals surface area contributed by atoms with Crippen LogP contribution in [0.4, 0.5) is 0 Å². The first kappa shape index (κ1) is 19.9. The Hall–Kier alpha value is -1.46. The summed E-state index contributed by atoms with van der Waals surface area (Å²) in [6.45, 7) is 7.00. The summed E-state index contributed by atoms with van der Waals surface area (Å²) in [5.74, 6) is 0.460. The van der Waals surface area contributed by atoms with E-state index in [1.54, 1.807) is 18.2 Å². The van der Waals surface area contributed by atoms with Gasteiger partial charge in [0.25, 0.3) is 5.91 Å². The number of rotatable bonds is 4. The highest BCUT2D eigenvalue weighted by Gasteiger charge is 2.30. The number of carbonyl (C=O) groups is 2. The highest BCUT2D eigenvalue weighted by atomic mass is 35.5. The fraction of sp³-hybridized carbons (Fsp3) is 0.556. The molecular formula is C18H24Cl2N2O3. The van der Waals surface area contributed by atoms with Gasteiger partial charge in [0.1, 0.15) is 5.75 Å². The van der Waals surface area contributed by atoms with Gasteiger partial charge >= 0.3 is 0 Å². The van der Waals surface area contributed by atoms with Crippen molar-refractivity contribution < 1.29 is 14.3 Å². The van der Waals surface area contributed by atoms with Crippen molar-refractivity contribution in [1.82, 2.24) is 10.2 Å². The van der Waals surface area contributed by atoms with E-state index in [4.69, 9.17) is 27.9 Å². The fourth-order valence-electron chi connectivity index (χ4n) is 2.69. The zero-order valence-electron chi connectivity index (χ0n) is 14.8. The number of nitrogens with one attached hydrogen (secondary N) is 1. The van der Waals surface area contributed by atoms with Gasteiger partial charge in [-0.1, -0.05) is 44.0 Å². The lowest BCUT2D eigenvalue weighted by atomic mass is 9.93. The first-order valence-corrected chi connectivity index (χ1v) is 9.09. The zero-order valence-corrected chi connectivity index (χ0v) is 16.3. The van der Waals surface area contributed by atoms with Crippen LogP contribution < -0.4 is 10.1 Å². The highest BCUT2D eigenvalue weighted by Crippen LogP contribution is 2.26. The topological polar surface area (TPSA) is 58.6 Å². The molecule has 1 saturated heterocycles. The van der Waals surface area contributed by atoms with Gasteiger partial charge in [0, 0.05) is 30.6 Å². The largest absolute Gasteiger partial charge is 0.484 e. The summed E-state index contributed by atoms with van der Waals surface area (Å²) in [4.78, 5) is 26.2. The van der Waals surface area contributed by atoms with Crippen molar-refractivity contribution in [1.29, 1.82) is 0 Å². The van der Waals surface area contributed by atoms with Gasteiger partial charge in [-0.3, -0.25) is 9.59 Å². The van der Waals surface area contributed by atoms with Gasteiger partial charge in [-0.05, 0) is 25.0 Å². The average molecular weight is 387 g/mol. The molecule has 0 aliphatic carbocycles. The number of likely N-dealkylation sites (tertiary alicyclic amines) is 1. The third-order valence-electron chi connectivity index (χ3n) is 4.05. The lowest BCUT2D eigenvalue weighted by molar-refractivity contribution is -0.140. The molecule has 5 nitrogen and oxygen atoms in total. The molecule has 0 bridgehead atoms. The standard InChI is InChI=1S/C18H24Cl2N2O3/c1-18(2,3)17(24)22-8-6-12(7-9-22)21-16(23)11-25-13-4-5-14(19)15(20)10-13/h4-5,10,12H,6-9,11H2,1-3H3,(H,21,23). The second-order valence-electron chi connectivity index (χ2n) is 7.25. The molecule has 1 N–H and O–H groups in total. The van der Waals surface area contributed by atoms with Gasteiger partial charge in [0.05, 0.1) is 10.0 Å². The van der Waals surface area contributed by atoms with Crippen molar-refractivity contribution in [3.8, 4) is 5.75 Å². The van der Waals surface area contributed by atoms with Crippen LogP contribution in [0, 0.1) is 5.41 Å². The Morgan fingerprint density at radius 2 is 1.84 bits per heavy atom. The Morgan fingerprint density at radius 1 is 1.20 bits per heavy atom. The summed E-state index contributed by atoms with van der Waals surface area (Å²) in [5, 5.41) is 3.78. The van der Waals surface area contributed by atoms with Crippen LogP contribution in [-0.4, -0.2) is 42.5 Å². The molecule has 0 spiro atoms. The molecule has 25 heavy (non-hydrogen) atoms. The molecule has 1 aromatic rings. The van der Waals surface area contributed by atoms with Crippen molar-refractivity contribution in [3.63, 3.8) is 0 Å². The van der Waals surface area contributed by atoms with Crippen molar-refractivity contribution in [3.05, 3.63) is 28.2 Å². The van der Waals surface area contributed by atoms with E-state index < -0.39 is 0 Å². The monoisotopic (exact) mass is 386 g/mol. The number of amides is 2. The van der Waals surface area contributed by atoms with Gasteiger partial charge in [-0.2, -0.15) is 0 Å². The summed E-state index contributed by atoms with van der Waals surface area (Å²) in [6.07, 6.45) is 1.50. The van der Waals surface area contributed by atoms with E-state index in [0.29, 0.717) is 28.9 Å². The molecule has 1 aliphatic rings. The summed E-state index contributed by atoms with van der Waals surface area (Å²) in [5.41, 5.74) is -0.371. The molecule has 1 aliphatic heterocycles. The van der Waals surface area contributed by atoms with E-state index >= 15 is 0 Å². The van der Waals surface area contributed by atoms with Crippen LogP contribution in [0.3, 0.4) is 0 Å². The number of nitrogens with zero attached hydrogens (tertiary/aromatic N) is 1. The van der Waals surface area contributed by atoms with Gasteiger partial charge in [0.2, 0.25) is 5.91 Å². The van der Waals surface area contributed by atoms with Crippen LogP contribution >= 0.6 is 23.2 Å². The SMILES string of the molecule is CC(C)(C)C(=O)N1CCC(NC(=O)COc2ccc(Cl)c(Cl)c2)CC1. The molecule has 0 unspecified atom stereocenters. The third-order valence-corrected chi connectivity index (χ3v) is 4.79. The molecular weight excluding hydrogens is 363 g/mol. The van der Waals surface area contributed by atoms with Crippen LogP contribution in [0.25, 0.3) is 0 Å². The first-order valence-electron chi connectivity index (χ1n) is 8.33. The second-order valence-corrected chi connectivity index (χ2v) is 8.06. The molecule has 1 heterocycles. The van der Waals surface area contributed by atoms with Gasteiger partial charge in [0.15, 0.2) is 6.61 Å². The minimum atomic E-state index is -0.371. The lowest BCUT2D eigenvalue weighted by Crippen LogP contribution is -2.49. The zero-order chi connectivity index (χ0) is 18.6. The molecule has 0 saturated carbocycles. The molecule has 7 heteroatoms. The second kappa shape index (κ2) is 8.28. The van der Waals surface area contributed by atoms with Crippen LogP contribution in [0.1, 0.15) is 33.6 Å². The predicted octanol–water partition coefficient (Wildman–Crippen LogP) is 3.53. The Labute approximate surface area is 158 Å². The maximum atomic E-state index is 12.3. The summed E-state index contributed by atoms with van der Waals surface area (Å²) in [6, 6.07) is 4.93. The molecule has 0 aromatic heterocycles. The summed E-state index contributed by atoms with van der Waals surface area (Å²) < 4.78 is 5.43. The maximum absolute atomic E-state index is 12.3. The minimum absolute atomic E-state index is 0.0638. The van der Waals surface area contributed by atoms with Crippen LogP contribution in [0.2, 0.25) is 10.0 Å². The smallest absolute Gasteiger partial charge is 0.258 e. The minimum Gasteiger partial charge on any atom is -0.484 e. The van der Waals surface area contributed by atoms with E-state index in [2.05, 4.69) is 5.32 Å². The van der Waals surface area contributed by atoms with Gasteiger partial charge < -0.3 is 15.0 Å². The van der Waals surface area contributed by atoms with Crippen LogP contribution in [0.5, 0.6) is 5.75 Å². The number of halogens is 2. The first-order chi connectivity index (χ1) is 11.7. The number of benzene rings is 1. The molecule has 2 rings (SSSR count). The molecule has 0 radical (unpaired) electrons. The van der Waals surface area contributed by atoms with E-state index in [1.165, 1.54) is 0 Å². The maximum Gasteiger partial charge on any atom is 0.258 e. The molecule has 138 valence electrons. The summed E-state index contributed by atoms with van der Waals surface area (Å²) in [7, 11) is 0. The molecule has 2 amide bonds.